The third-order valence-electron chi connectivity index (χ3n) is 2.63. The second kappa shape index (κ2) is 12.4. The van der Waals surface area contributed by atoms with Crippen LogP contribution in [0.5, 0.6) is 0 Å². The van der Waals surface area contributed by atoms with Crippen molar-refractivity contribution in [2.24, 2.45) is 0 Å². The number of hydrogen-bond acceptors (Lipinski definition) is 8. The van der Waals surface area contributed by atoms with Crippen LogP contribution >= 0.6 is 11.8 Å². The minimum atomic E-state index is -1.21. The Kier molecular flexibility index (Phi) is 11.4. The molecular formula is C13H23N3O7S. The number of amides is 3. The third kappa shape index (κ3) is 9.20. The molecule has 0 aliphatic rings. The summed E-state index contributed by atoms with van der Waals surface area (Å²) < 4.78 is 9.24. The molecule has 3 amide bonds. The summed E-state index contributed by atoms with van der Waals surface area (Å²) in [6.07, 6.45) is -0.560. The van der Waals surface area contributed by atoms with Gasteiger partial charge in [-0.25, -0.2) is 9.59 Å². The molecule has 138 valence electrons. The molecule has 0 unspecified atom stereocenters. The fraction of sp³-hybridized carbons (Fsp3) is 0.692. The minimum Gasteiger partial charge on any atom is -0.467 e. The monoisotopic (exact) mass is 365 g/mol. The highest BCUT2D eigenvalue weighted by Gasteiger charge is 2.26. The molecule has 0 aliphatic carbocycles. The van der Waals surface area contributed by atoms with Gasteiger partial charge in [0.25, 0.3) is 0 Å². The summed E-state index contributed by atoms with van der Waals surface area (Å²) in [5.41, 5.74) is 0. The van der Waals surface area contributed by atoms with Crippen molar-refractivity contribution < 1.29 is 33.8 Å². The molecular weight excluding hydrogens is 342 g/mol. The molecule has 0 saturated carbocycles. The Balaban J connectivity index is 4.47. The van der Waals surface area contributed by atoms with Crippen LogP contribution in [-0.2, 0) is 23.9 Å². The number of alkyl carbamates (subject to hydrolysis) is 1. The van der Waals surface area contributed by atoms with Gasteiger partial charge in [-0.15, -0.1) is 0 Å². The molecule has 0 spiro atoms. The molecule has 0 fully saturated rings. The molecule has 10 nitrogen and oxygen atoms in total. The number of carbonyl (C=O) groups is 4. The second-order valence-electron chi connectivity index (χ2n) is 4.48. The van der Waals surface area contributed by atoms with E-state index in [2.05, 4.69) is 20.7 Å². The lowest BCUT2D eigenvalue weighted by atomic mass is 10.2. The maximum Gasteiger partial charge on any atom is 0.406 e. The fourth-order valence-electron chi connectivity index (χ4n) is 1.49. The van der Waals surface area contributed by atoms with E-state index in [4.69, 9.17) is 9.84 Å². The summed E-state index contributed by atoms with van der Waals surface area (Å²) in [5, 5.41) is 16.1. The molecule has 24 heavy (non-hydrogen) atoms. The van der Waals surface area contributed by atoms with Crippen molar-refractivity contribution >= 4 is 35.6 Å². The van der Waals surface area contributed by atoms with Crippen LogP contribution in [0.1, 0.15) is 6.92 Å². The van der Waals surface area contributed by atoms with Gasteiger partial charge >= 0.3 is 12.1 Å². The van der Waals surface area contributed by atoms with Crippen molar-refractivity contribution in [1.29, 1.82) is 0 Å². The number of rotatable bonds is 10. The first-order chi connectivity index (χ1) is 11.3. The molecule has 4 N–H and O–H groups in total. The smallest absolute Gasteiger partial charge is 0.406 e. The summed E-state index contributed by atoms with van der Waals surface area (Å²) in [6.45, 7) is 0.766. The average molecular weight is 365 g/mol. The van der Waals surface area contributed by atoms with E-state index in [0.29, 0.717) is 5.75 Å². The summed E-state index contributed by atoms with van der Waals surface area (Å²) in [5.74, 6) is -1.23. The van der Waals surface area contributed by atoms with E-state index in [-0.39, 0.29) is 12.4 Å². The maximum atomic E-state index is 12.1. The van der Waals surface area contributed by atoms with Gasteiger partial charge < -0.3 is 30.5 Å². The highest BCUT2D eigenvalue weighted by Crippen LogP contribution is 2.04. The molecule has 0 aromatic carbocycles. The van der Waals surface area contributed by atoms with Gasteiger partial charge in [0.15, 0.2) is 6.04 Å². The summed E-state index contributed by atoms with van der Waals surface area (Å²) >= 11 is 1.27. The molecule has 0 aromatic heterocycles. The Labute approximate surface area is 144 Å². The molecule has 0 aromatic rings. The summed E-state index contributed by atoms with van der Waals surface area (Å²) in [6, 6.07) is -2.12. The molecule has 0 bridgehead atoms. The van der Waals surface area contributed by atoms with Crippen LogP contribution in [0.4, 0.5) is 4.79 Å². The topological polar surface area (TPSA) is 143 Å². The van der Waals surface area contributed by atoms with E-state index in [9.17, 15) is 19.2 Å². The van der Waals surface area contributed by atoms with Crippen LogP contribution in [0.3, 0.4) is 0 Å². The largest absolute Gasteiger partial charge is 0.467 e. The zero-order valence-electron chi connectivity index (χ0n) is 13.8. The van der Waals surface area contributed by atoms with Gasteiger partial charge in [-0.1, -0.05) is 0 Å². The first-order valence-electron chi connectivity index (χ1n) is 7.04. The maximum absolute atomic E-state index is 12.1. The predicted molar refractivity (Wildman–Crippen MR) is 86.4 cm³/mol. The van der Waals surface area contributed by atoms with Gasteiger partial charge in [0.2, 0.25) is 11.8 Å². The van der Waals surface area contributed by atoms with Crippen molar-refractivity contribution in [2.45, 2.75) is 19.0 Å². The number of thioether (sulfide) groups is 1. The van der Waals surface area contributed by atoms with Gasteiger partial charge in [-0.3, -0.25) is 9.59 Å². The van der Waals surface area contributed by atoms with E-state index in [1.165, 1.54) is 25.7 Å². The Morgan fingerprint density at radius 3 is 2.33 bits per heavy atom. The van der Waals surface area contributed by atoms with Crippen LogP contribution in [0.15, 0.2) is 0 Å². The van der Waals surface area contributed by atoms with Gasteiger partial charge in [0.1, 0.15) is 12.6 Å². The molecule has 0 radical (unpaired) electrons. The molecule has 0 rings (SSSR count). The Morgan fingerprint density at radius 1 is 1.17 bits per heavy atom. The van der Waals surface area contributed by atoms with E-state index in [1.807, 2.05) is 0 Å². The normalized spacial score (nSPS) is 12.5. The van der Waals surface area contributed by atoms with E-state index >= 15 is 0 Å². The Morgan fingerprint density at radius 2 is 1.83 bits per heavy atom. The van der Waals surface area contributed by atoms with Crippen molar-refractivity contribution in [1.82, 2.24) is 16.0 Å². The van der Waals surface area contributed by atoms with Crippen molar-refractivity contribution in [3.63, 3.8) is 0 Å². The minimum absolute atomic E-state index is 0.139. The Bertz CT molecular complexity index is 447. The standard InChI is InChI=1S/C13H23N3O7S/c1-8(18)15-10(7-24-5-4-23-13(21)14-2)11(19)16-9(6-17)12(20)22-3/h9-10,17H,4-7H2,1-3H3,(H,14,21)(H,15,18)(H,16,19)/t9-,10-/m0/s1. The van der Waals surface area contributed by atoms with Gasteiger partial charge in [0, 0.05) is 25.5 Å². The van der Waals surface area contributed by atoms with Crippen molar-refractivity contribution in [2.75, 3.05) is 38.9 Å². The third-order valence-corrected chi connectivity index (χ3v) is 3.65. The van der Waals surface area contributed by atoms with E-state index < -0.39 is 42.6 Å². The van der Waals surface area contributed by atoms with Gasteiger partial charge in [-0.05, 0) is 0 Å². The highest BCUT2D eigenvalue weighted by molar-refractivity contribution is 7.99. The SMILES string of the molecule is CNC(=O)OCCSC[C@H](NC(C)=O)C(=O)N[C@@H](CO)C(=O)OC. The number of aliphatic hydroxyl groups excluding tert-OH is 1. The second-order valence-corrected chi connectivity index (χ2v) is 5.63. The number of hydrogen-bond donors (Lipinski definition) is 4. The van der Waals surface area contributed by atoms with Crippen LogP contribution in [0, 0.1) is 0 Å². The lowest BCUT2D eigenvalue weighted by molar-refractivity contribution is -0.146. The van der Waals surface area contributed by atoms with Gasteiger partial charge in [-0.2, -0.15) is 11.8 Å². The number of aliphatic hydroxyl groups is 1. The number of carbonyl (C=O) groups excluding carboxylic acids is 4. The molecule has 0 aliphatic heterocycles. The highest BCUT2D eigenvalue weighted by atomic mass is 32.2. The lowest BCUT2D eigenvalue weighted by Crippen LogP contribution is -2.53. The average Bonchev–Trinajstić information content (AvgIpc) is 2.56. The predicted octanol–water partition coefficient (Wildman–Crippen LogP) is -1.77. The molecule has 2 atom stereocenters. The van der Waals surface area contributed by atoms with E-state index in [0.717, 1.165) is 7.11 Å². The number of methoxy groups -OCH3 is 1. The number of esters is 1. The molecule has 11 heteroatoms. The van der Waals surface area contributed by atoms with Crippen LogP contribution < -0.4 is 16.0 Å². The van der Waals surface area contributed by atoms with Crippen LogP contribution in [0.2, 0.25) is 0 Å². The first-order valence-corrected chi connectivity index (χ1v) is 8.19. The summed E-state index contributed by atoms with van der Waals surface area (Å²) in [7, 11) is 2.57. The summed E-state index contributed by atoms with van der Waals surface area (Å²) in [4.78, 5) is 45.6. The Hall–Kier alpha value is -2.01. The van der Waals surface area contributed by atoms with Crippen LogP contribution in [0.25, 0.3) is 0 Å². The van der Waals surface area contributed by atoms with Crippen LogP contribution in [-0.4, -0.2) is 79.9 Å². The number of nitrogens with one attached hydrogen (secondary N) is 3. The zero-order chi connectivity index (χ0) is 18.5. The molecule has 0 saturated heterocycles. The molecule has 0 heterocycles. The fourth-order valence-corrected chi connectivity index (χ4v) is 2.33. The quantitative estimate of drug-likeness (QED) is 0.263. The van der Waals surface area contributed by atoms with Crippen molar-refractivity contribution in [3.05, 3.63) is 0 Å². The van der Waals surface area contributed by atoms with Crippen molar-refractivity contribution in [3.8, 4) is 0 Å². The van der Waals surface area contributed by atoms with Gasteiger partial charge in [0.05, 0.1) is 13.7 Å². The van der Waals surface area contributed by atoms with E-state index in [1.54, 1.807) is 0 Å². The first kappa shape index (κ1) is 22.0. The number of ether oxygens (including phenoxy) is 2. The zero-order valence-corrected chi connectivity index (χ0v) is 14.6. The lowest BCUT2D eigenvalue weighted by Gasteiger charge is -2.20.